The van der Waals surface area contributed by atoms with Gasteiger partial charge in [-0.25, -0.2) is 4.79 Å². The Hall–Kier alpha value is -1.59. The van der Waals surface area contributed by atoms with Crippen molar-refractivity contribution in [2.75, 3.05) is 0 Å². The van der Waals surface area contributed by atoms with Gasteiger partial charge in [0.25, 0.3) is 0 Å². The number of rotatable bonds is 5. The second kappa shape index (κ2) is 7.26. The fourth-order valence-corrected chi connectivity index (χ4v) is 2.55. The SMILES string of the molecule is CC1(C)CCCCC1NC(=O)NC(=O)CCCC(=O)O. The Morgan fingerprint density at radius 3 is 2.50 bits per heavy atom. The van der Waals surface area contributed by atoms with E-state index in [4.69, 9.17) is 5.11 Å². The Bertz CT molecular complexity index is 379. The summed E-state index contributed by atoms with van der Waals surface area (Å²) in [5, 5.41) is 13.6. The van der Waals surface area contributed by atoms with Crippen LogP contribution in [0.2, 0.25) is 0 Å². The van der Waals surface area contributed by atoms with Crippen LogP contribution in [-0.4, -0.2) is 29.1 Å². The maximum absolute atomic E-state index is 11.7. The smallest absolute Gasteiger partial charge is 0.321 e. The molecule has 1 fully saturated rings. The zero-order valence-electron chi connectivity index (χ0n) is 12.2. The van der Waals surface area contributed by atoms with Gasteiger partial charge in [0.05, 0.1) is 0 Å². The molecular weight excluding hydrogens is 260 g/mol. The van der Waals surface area contributed by atoms with E-state index in [0.29, 0.717) is 0 Å². The predicted octanol–water partition coefficient (Wildman–Crippen LogP) is 2.04. The number of carbonyl (C=O) groups is 3. The third kappa shape index (κ3) is 5.59. The monoisotopic (exact) mass is 284 g/mol. The number of aliphatic carboxylic acids is 1. The number of hydrogen-bond acceptors (Lipinski definition) is 3. The second-order valence-electron chi connectivity index (χ2n) is 6.06. The van der Waals surface area contributed by atoms with Crippen LogP contribution >= 0.6 is 0 Å². The molecule has 1 aliphatic carbocycles. The summed E-state index contributed by atoms with van der Waals surface area (Å²) in [6, 6.07) is -0.409. The molecule has 0 aromatic rings. The molecule has 0 aromatic carbocycles. The zero-order chi connectivity index (χ0) is 15.2. The summed E-state index contributed by atoms with van der Waals surface area (Å²) in [5.41, 5.74) is 0.0436. The minimum atomic E-state index is -0.939. The van der Waals surface area contributed by atoms with Gasteiger partial charge in [-0.3, -0.25) is 14.9 Å². The van der Waals surface area contributed by atoms with E-state index >= 15 is 0 Å². The lowest BCUT2D eigenvalue weighted by molar-refractivity contribution is -0.137. The molecule has 0 spiro atoms. The first-order valence-electron chi connectivity index (χ1n) is 7.13. The van der Waals surface area contributed by atoms with Crippen LogP contribution < -0.4 is 10.6 Å². The topological polar surface area (TPSA) is 95.5 Å². The molecule has 1 unspecified atom stereocenters. The number of carboxylic acids is 1. The largest absolute Gasteiger partial charge is 0.481 e. The number of carboxylic acid groups (broad SMARTS) is 1. The molecule has 0 saturated heterocycles. The van der Waals surface area contributed by atoms with Crippen LogP contribution in [0.5, 0.6) is 0 Å². The Balaban J connectivity index is 2.32. The molecule has 3 N–H and O–H groups in total. The normalized spacial score (nSPS) is 21.0. The number of imide groups is 1. The number of hydrogen-bond donors (Lipinski definition) is 3. The first-order valence-corrected chi connectivity index (χ1v) is 7.13. The highest BCUT2D eigenvalue weighted by Crippen LogP contribution is 2.35. The number of carbonyl (C=O) groups excluding carboxylic acids is 2. The lowest BCUT2D eigenvalue weighted by atomic mass is 9.73. The van der Waals surface area contributed by atoms with Crippen LogP contribution in [0.3, 0.4) is 0 Å². The molecule has 114 valence electrons. The summed E-state index contributed by atoms with van der Waals surface area (Å²) < 4.78 is 0. The van der Waals surface area contributed by atoms with Gasteiger partial charge in [-0.05, 0) is 24.7 Å². The van der Waals surface area contributed by atoms with Gasteiger partial charge in [-0.2, -0.15) is 0 Å². The lowest BCUT2D eigenvalue weighted by Gasteiger charge is -2.38. The van der Waals surface area contributed by atoms with Gasteiger partial charge in [-0.1, -0.05) is 26.7 Å². The maximum Gasteiger partial charge on any atom is 0.321 e. The van der Waals surface area contributed by atoms with Crippen LogP contribution in [0.4, 0.5) is 4.79 Å². The van der Waals surface area contributed by atoms with Gasteiger partial charge in [0.1, 0.15) is 0 Å². The van der Waals surface area contributed by atoms with E-state index in [2.05, 4.69) is 24.5 Å². The van der Waals surface area contributed by atoms with Crippen LogP contribution in [-0.2, 0) is 9.59 Å². The van der Waals surface area contributed by atoms with E-state index < -0.39 is 17.9 Å². The lowest BCUT2D eigenvalue weighted by Crippen LogP contribution is -2.51. The van der Waals surface area contributed by atoms with Crippen molar-refractivity contribution in [2.24, 2.45) is 5.41 Å². The Kier molecular flexibility index (Phi) is 5.98. The van der Waals surface area contributed by atoms with Crippen molar-refractivity contribution < 1.29 is 19.5 Å². The van der Waals surface area contributed by atoms with Crippen molar-refractivity contribution in [2.45, 2.75) is 64.8 Å². The van der Waals surface area contributed by atoms with Crippen molar-refractivity contribution in [3.8, 4) is 0 Å². The Labute approximate surface area is 119 Å². The number of urea groups is 1. The Morgan fingerprint density at radius 2 is 1.90 bits per heavy atom. The molecule has 6 heteroatoms. The van der Waals surface area contributed by atoms with Crippen molar-refractivity contribution in [1.29, 1.82) is 0 Å². The van der Waals surface area contributed by atoms with E-state index in [9.17, 15) is 14.4 Å². The summed E-state index contributed by atoms with van der Waals surface area (Å²) in [5.74, 6) is -1.37. The van der Waals surface area contributed by atoms with Gasteiger partial charge in [0.15, 0.2) is 0 Å². The number of nitrogens with one attached hydrogen (secondary N) is 2. The molecule has 0 aliphatic heterocycles. The highest BCUT2D eigenvalue weighted by atomic mass is 16.4. The predicted molar refractivity (Wildman–Crippen MR) is 74.2 cm³/mol. The van der Waals surface area contributed by atoms with Gasteiger partial charge < -0.3 is 10.4 Å². The number of amides is 3. The second-order valence-corrected chi connectivity index (χ2v) is 6.06. The quantitative estimate of drug-likeness (QED) is 0.720. The van der Waals surface area contributed by atoms with Gasteiger partial charge in [-0.15, -0.1) is 0 Å². The molecule has 1 saturated carbocycles. The van der Waals surface area contributed by atoms with Gasteiger partial charge in [0, 0.05) is 18.9 Å². The minimum absolute atomic E-state index is 0.0436. The fourth-order valence-electron chi connectivity index (χ4n) is 2.55. The highest BCUT2D eigenvalue weighted by molar-refractivity contribution is 5.94. The molecule has 20 heavy (non-hydrogen) atoms. The molecule has 1 aliphatic rings. The zero-order valence-corrected chi connectivity index (χ0v) is 12.2. The van der Waals surface area contributed by atoms with Crippen LogP contribution in [0.15, 0.2) is 0 Å². The summed E-state index contributed by atoms with van der Waals surface area (Å²) >= 11 is 0. The van der Waals surface area contributed by atoms with Crippen molar-refractivity contribution in [3.05, 3.63) is 0 Å². The molecule has 0 heterocycles. The molecule has 0 aromatic heterocycles. The highest BCUT2D eigenvalue weighted by Gasteiger charge is 2.33. The van der Waals surface area contributed by atoms with E-state index in [0.717, 1.165) is 19.3 Å². The van der Waals surface area contributed by atoms with Crippen LogP contribution in [0.1, 0.15) is 58.8 Å². The van der Waals surface area contributed by atoms with Gasteiger partial charge >= 0.3 is 12.0 Å². The molecule has 6 nitrogen and oxygen atoms in total. The average molecular weight is 284 g/mol. The summed E-state index contributed by atoms with van der Waals surface area (Å²) in [7, 11) is 0. The average Bonchev–Trinajstić information content (AvgIpc) is 2.31. The summed E-state index contributed by atoms with van der Waals surface area (Å²) in [6.45, 7) is 4.23. The minimum Gasteiger partial charge on any atom is -0.481 e. The standard InChI is InChI=1S/C14H24N2O4/c1-14(2)9-4-3-6-10(14)15-13(20)16-11(17)7-5-8-12(18)19/h10H,3-9H2,1-2H3,(H,18,19)(H2,15,16,17,20). The first kappa shape index (κ1) is 16.5. The third-order valence-electron chi connectivity index (χ3n) is 3.86. The molecule has 1 rings (SSSR count). The van der Waals surface area contributed by atoms with Crippen molar-refractivity contribution >= 4 is 17.9 Å². The van der Waals surface area contributed by atoms with Crippen molar-refractivity contribution in [1.82, 2.24) is 10.6 Å². The Morgan fingerprint density at radius 1 is 1.20 bits per heavy atom. The van der Waals surface area contributed by atoms with E-state index in [1.807, 2.05) is 0 Å². The van der Waals surface area contributed by atoms with E-state index in [1.165, 1.54) is 6.42 Å². The molecule has 0 bridgehead atoms. The molecule has 3 amide bonds. The third-order valence-corrected chi connectivity index (χ3v) is 3.86. The molecular formula is C14H24N2O4. The van der Waals surface area contributed by atoms with E-state index in [1.54, 1.807) is 0 Å². The van der Waals surface area contributed by atoms with Gasteiger partial charge in [0.2, 0.25) is 5.91 Å². The molecule has 0 radical (unpaired) electrons. The summed E-state index contributed by atoms with van der Waals surface area (Å²) in [6.07, 6.45) is 4.46. The van der Waals surface area contributed by atoms with Crippen molar-refractivity contribution in [3.63, 3.8) is 0 Å². The van der Waals surface area contributed by atoms with Crippen LogP contribution in [0, 0.1) is 5.41 Å². The van der Waals surface area contributed by atoms with Crippen LogP contribution in [0.25, 0.3) is 0 Å². The summed E-state index contributed by atoms with van der Waals surface area (Å²) in [4.78, 5) is 33.5. The maximum atomic E-state index is 11.7. The fraction of sp³-hybridized carbons (Fsp3) is 0.786. The molecule has 1 atom stereocenters. The first-order chi connectivity index (χ1) is 9.31. The van der Waals surface area contributed by atoms with E-state index in [-0.39, 0.29) is 30.7 Å².